The third-order valence-electron chi connectivity index (χ3n) is 2.60. The largest absolute Gasteiger partial charge is 0.489 e. The van der Waals surface area contributed by atoms with Crippen molar-refractivity contribution in [3.8, 4) is 5.75 Å². The van der Waals surface area contributed by atoms with Crippen molar-refractivity contribution >= 4 is 23.2 Å². The molecule has 1 aromatic heterocycles. The van der Waals surface area contributed by atoms with Crippen LogP contribution in [0.5, 0.6) is 5.75 Å². The third-order valence-corrected chi connectivity index (χ3v) is 3.42. The monoisotopic (exact) mass is 281 g/mol. The molecule has 0 aliphatic heterocycles. The molecule has 0 bridgehead atoms. The van der Waals surface area contributed by atoms with E-state index in [4.69, 9.17) is 27.9 Å². The van der Waals surface area contributed by atoms with Crippen molar-refractivity contribution in [3.63, 3.8) is 0 Å². The minimum Gasteiger partial charge on any atom is -0.489 e. The van der Waals surface area contributed by atoms with Crippen LogP contribution in [-0.2, 0) is 6.61 Å². The molecule has 1 aromatic carbocycles. The van der Waals surface area contributed by atoms with E-state index in [0.29, 0.717) is 11.8 Å². The quantitative estimate of drug-likeness (QED) is 0.768. The highest BCUT2D eigenvalue weighted by Crippen LogP contribution is 2.26. The van der Waals surface area contributed by atoms with Crippen LogP contribution in [0.3, 0.4) is 0 Å². The Bertz CT molecular complexity index is 529. The number of hydrogen-bond acceptors (Lipinski definition) is 2. The van der Waals surface area contributed by atoms with Crippen molar-refractivity contribution in [2.24, 2.45) is 0 Å². The Kier molecular flexibility index (Phi) is 4.10. The lowest BCUT2D eigenvalue weighted by Gasteiger charge is -2.09. The van der Waals surface area contributed by atoms with Gasteiger partial charge in [0.1, 0.15) is 17.5 Å². The molecule has 0 spiro atoms. The summed E-state index contributed by atoms with van der Waals surface area (Å²) in [5.41, 5.74) is 3.01. The molecule has 1 heterocycles. The molecule has 0 atom stereocenters. The minimum atomic E-state index is 0.463. The number of aromatic nitrogens is 1. The Morgan fingerprint density at radius 1 is 1.11 bits per heavy atom. The van der Waals surface area contributed by atoms with Gasteiger partial charge in [0, 0.05) is 16.8 Å². The zero-order chi connectivity index (χ0) is 13.1. The summed E-state index contributed by atoms with van der Waals surface area (Å²) in [6, 6.07) is 7.50. The van der Waals surface area contributed by atoms with Gasteiger partial charge in [-0.15, -0.1) is 0 Å². The first kappa shape index (κ1) is 13.2. The molecule has 2 nitrogen and oxygen atoms in total. The van der Waals surface area contributed by atoms with Crippen molar-refractivity contribution in [1.82, 2.24) is 4.98 Å². The summed E-state index contributed by atoms with van der Waals surface area (Å²) in [4.78, 5) is 4.00. The van der Waals surface area contributed by atoms with Gasteiger partial charge in [0.2, 0.25) is 0 Å². The van der Waals surface area contributed by atoms with Crippen LogP contribution in [0.15, 0.2) is 30.5 Å². The summed E-state index contributed by atoms with van der Waals surface area (Å²) in [5.74, 6) is 0.810. The number of rotatable bonds is 3. The maximum Gasteiger partial charge on any atom is 0.129 e. The SMILES string of the molecule is Cc1cc(OCc2ccc(Cl)nc2)cc(C)c1Cl. The molecule has 0 aliphatic rings. The molecular formula is C14H13Cl2NO. The van der Waals surface area contributed by atoms with Gasteiger partial charge < -0.3 is 4.74 Å². The summed E-state index contributed by atoms with van der Waals surface area (Å²) in [6.07, 6.45) is 1.71. The second-order valence-electron chi connectivity index (χ2n) is 4.15. The van der Waals surface area contributed by atoms with Crippen LogP contribution in [0.4, 0.5) is 0 Å². The number of hydrogen-bond donors (Lipinski definition) is 0. The van der Waals surface area contributed by atoms with E-state index in [0.717, 1.165) is 27.5 Å². The number of pyridine rings is 1. The zero-order valence-electron chi connectivity index (χ0n) is 10.2. The Morgan fingerprint density at radius 2 is 1.78 bits per heavy atom. The van der Waals surface area contributed by atoms with Crippen LogP contribution in [0.2, 0.25) is 10.2 Å². The van der Waals surface area contributed by atoms with Gasteiger partial charge >= 0.3 is 0 Å². The maximum atomic E-state index is 6.10. The van der Waals surface area contributed by atoms with E-state index in [1.54, 1.807) is 12.3 Å². The predicted molar refractivity (Wildman–Crippen MR) is 74.5 cm³/mol. The molecule has 0 saturated carbocycles. The molecule has 2 rings (SSSR count). The zero-order valence-corrected chi connectivity index (χ0v) is 11.7. The summed E-state index contributed by atoms with van der Waals surface area (Å²) < 4.78 is 5.71. The van der Waals surface area contributed by atoms with Crippen LogP contribution in [0.1, 0.15) is 16.7 Å². The molecule has 0 unspecified atom stereocenters. The second kappa shape index (κ2) is 5.59. The van der Waals surface area contributed by atoms with E-state index in [9.17, 15) is 0 Å². The second-order valence-corrected chi connectivity index (χ2v) is 4.91. The Morgan fingerprint density at radius 3 is 2.33 bits per heavy atom. The summed E-state index contributed by atoms with van der Waals surface area (Å²) >= 11 is 11.8. The molecule has 0 amide bonds. The molecule has 4 heteroatoms. The highest BCUT2D eigenvalue weighted by molar-refractivity contribution is 6.32. The van der Waals surface area contributed by atoms with Gasteiger partial charge in [0.25, 0.3) is 0 Å². The van der Waals surface area contributed by atoms with Crippen molar-refractivity contribution < 1.29 is 4.74 Å². The molecule has 0 N–H and O–H groups in total. The summed E-state index contributed by atoms with van der Waals surface area (Å²) in [7, 11) is 0. The van der Waals surface area contributed by atoms with Crippen LogP contribution in [0, 0.1) is 13.8 Å². The number of nitrogens with zero attached hydrogens (tertiary/aromatic N) is 1. The van der Waals surface area contributed by atoms with E-state index in [1.807, 2.05) is 32.0 Å². The van der Waals surface area contributed by atoms with E-state index >= 15 is 0 Å². The molecule has 0 saturated heterocycles. The molecule has 0 aliphatic carbocycles. The Balaban J connectivity index is 2.08. The average Bonchev–Trinajstić information content (AvgIpc) is 2.35. The highest BCUT2D eigenvalue weighted by atomic mass is 35.5. The maximum absolute atomic E-state index is 6.10. The molecule has 2 aromatic rings. The van der Waals surface area contributed by atoms with Crippen LogP contribution < -0.4 is 4.74 Å². The number of halogens is 2. The molecule has 94 valence electrons. The fourth-order valence-electron chi connectivity index (χ4n) is 1.65. The summed E-state index contributed by atoms with van der Waals surface area (Å²) in [6.45, 7) is 4.39. The van der Waals surface area contributed by atoms with Gasteiger partial charge in [-0.2, -0.15) is 0 Å². The van der Waals surface area contributed by atoms with Gasteiger partial charge in [0.15, 0.2) is 0 Å². The molecular weight excluding hydrogens is 269 g/mol. The lowest BCUT2D eigenvalue weighted by atomic mass is 10.1. The predicted octanol–water partition coefficient (Wildman–Crippen LogP) is 4.58. The smallest absolute Gasteiger partial charge is 0.129 e. The van der Waals surface area contributed by atoms with Crippen LogP contribution in [0.25, 0.3) is 0 Å². The average molecular weight is 282 g/mol. The van der Waals surface area contributed by atoms with Gasteiger partial charge in [-0.1, -0.05) is 29.3 Å². The Labute approximate surface area is 117 Å². The molecule has 18 heavy (non-hydrogen) atoms. The number of aryl methyl sites for hydroxylation is 2. The summed E-state index contributed by atoms with van der Waals surface area (Å²) in [5, 5.41) is 1.27. The fraction of sp³-hybridized carbons (Fsp3) is 0.214. The lowest BCUT2D eigenvalue weighted by Crippen LogP contribution is -1.97. The first-order valence-electron chi connectivity index (χ1n) is 5.56. The minimum absolute atomic E-state index is 0.463. The van der Waals surface area contributed by atoms with E-state index in [2.05, 4.69) is 4.98 Å². The number of ether oxygens (including phenoxy) is 1. The van der Waals surface area contributed by atoms with Gasteiger partial charge in [-0.3, -0.25) is 0 Å². The lowest BCUT2D eigenvalue weighted by molar-refractivity contribution is 0.305. The first-order valence-corrected chi connectivity index (χ1v) is 6.32. The van der Waals surface area contributed by atoms with Crippen molar-refractivity contribution in [1.29, 1.82) is 0 Å². The van der Waals surface area contributed by atoms with Gasteiger partial charge in [-0.25, -0.2) is 4.98 Å². The van der Waals surface area contributed by atoms with Gasteiger partial charge in [-0.05, 0) is 43.2 Å². The highest BCUT2D eigenvalue weighted by Gasteiger charge is 2.04. The van der Waals surface area contributed by atoms with Crippen molar-refractivity contribution in [3.05, 3.63) is 57.3 Å². The van der Waals surface area contributed by atoms with Crippen molar-refractivity contribution in [2.45, 2.75) is 20.5 Å². The number of benzene rings is 1. The fourth-order valence-corrected chi connectivity index (χ4v) is 1.87. The van der Waals surface area contributed by atoms with Crippen LogP contribution in [-0.4, -0.2) is 4.98 Å². The first-order chi connectivity index (χ1) is 8.56. The molecule has 0 fully saturated rings. The van der Waals surface area contributed by atoms with Crippen molar-refractivity contribution in [2.75, 3.05) is 0 Å². The third kappa shape index (κ3) is 3.15. The van der Waals surface area contributed by atoms with Gasteiger partial charge in [0.05, 0.1) is 0 Å². The Hall–Kier alpha value is -1.25. The topological polar surface area (TPSA) is 22.1 Å². The van der Waals surface area contributed by atoms with Crippen LogP contribution >= 0.6 is 23.2 Å². The normalized spacial score (nSPS) is 10.4. The van der Waals surface area contributed by atoms with E-state index in [-0.39, 0.29) is 0 Å². The van der Waals surface area contributed by atoms with E-state index in [1.165, 1.54) is 0 Å². The van der Waals surface area contributed by atoms with E-state index < -0.39 is 0 Å². The molecule has 0 radical (unpaired) electrons. The standard InChI is InChI=1S/C14H13Cl2NO/c1-9-5-12(6-10(2)14(9)16)18-8-11-3-4-13(15)17-7-11/h3-7H,8H2,1-2H3.